The minimum absolute atomic E-state index is 0.595. The summed E-state index contributed by atoms with van der Waals surface area (Å²) >= 11 is 0. The van der Waals surface area contributed by atoms with Gasteiger partial charge in [0.2, 0.25) is 0 Å². The van der Waals surface area contributed by atoms with Crippen LogP contribution in [0, 0.1) is 0 Å². The van der Waals surface area contributed by atoms with Crippen molar-refractivity contribution in [2.75, 3.05) is 0 Å². The van der Waals surface area contributed by atoms with Gasteiger partial charge < -0.3 is 8.83 Å². The molecule has 0 fully saturated rings. The Balaban J connectivity index is 1.17. The molecule has 0 radical (unpaired) electrons. The molecule has 12 aromatic rings. The van der Waals surface area contributed by atoms with Crippen molar-refractivity contribution in [1.29, 1.82) is 0 Å². The Morgan fingerprint density at radius 2 is 0.677 bits per heavy atom. The van der Waals surface area contributed by atoms with Gasteiger partial charge in [-0.15, -0.1) is 0 Å². The van der Waals surface area contributed by atoms with Crippen LogP contribution in [-0.2, 0) is 0 Å². The predicted molar refractivity (Wildman–Crippen MR) is 255 cm³/mol. The fourth-order valence-corrected chi connectivity index (χ4v) is 9.05. The number of benzene rings is 9. The highest BCUT2D eigenvalue weighted by atomic mass is 16.3. The molecule has 0 N–H and O–H groups in total. The molecule has 62 heavy (non-hydrogen) atoms. The average Bonchev–Trinajstić information content (AvgIpc) is 3.93. The summed E-state index contributed by atoms with van der Waals surface area (Å²) in [6, 6.07) is 76.2. The van der Waals surface area contributed by atoms with Crippen molar-refractivity contribution in [2.24, 2.45) is 0 Å². The smallest absolute Gasteiger partial charge is 0.161 e. The molecule has 12 rings (SSSR count). The van der Waals surface area contributed by atoms with Crippen LogP contribution in [0.4, 0.5) is 0 Å². The maximum absolute atomic E-state index is 6.64. The van der Waals surface area contributed by atoms with Crippen LogP contribution >= 0.6 is 0 Å². The first-order valence-electron chi connectivity index (χ1n) is 20.9. The van der Waals surface area contributed by atoms with E-state index in [1.807, 2.05) is 24.3 Å². The Morgan fingerprint density at radius 1 is 0.274 bits per heavy atom. The van der Waals surface area contributed by atoms with E-state index in [4.69, 9.17) is 18.8 Å². The number of furan rings is 2. The molecule has 0 spiro atoms. The van der Waals surface area contributed by atoms with E-state index in [1.54, 1.807) is 0 Å². The van der Waals surface area contributed by atoms with Crippen molar-refractivity contribution in [3.8, 4) is 78.4 Å². The summed E-state index contributed by atoms with van der Waals surface area (Å²) in [5.41, 5.74) is 16.3. The van der Waals surface area contributed by atoms with Gasteiger partial charge in [-0.1, -0.05) is 182 Å². The molecular weight excluding hydrogens is 757 g/mol. The summed E-state index contributed by atoms with van der Waals surface area (Å²) < 4.78 is 13.3. The lowest BCUT2D eigenvalue weighted by Crippen LogP contribution is -2.00. The topological polar surface area (TPSA) is 52.1 Å². The average molecular weight is 793 g/mol. The Morgan fingerprint density at radius 3 is 1.24 bits per heavy atom. The Hall–Kier alpha value is -8.34. The van der Waals surface area contributed by atoms with Crippen molar-refractivity contribution < 1.29 is 8.83 Å². The van der Waals surface area contributed by atoms with E-state index in [2.05, 4.69) is 194 Å². The van der Waals surface area contributed by atoms with E-state index >= 15 is 0 Å². The normalized spacial score (nSPS) is 11.5. The van der Waals surface area contributed by atoms with Crippen molar-refractivity contribution in [3.63, 3.8) is 0 Å². The molecule has 4 heteroatoms. The maximum atomic E-state index is 6.64. The highest BCUT2D eigenvalue weighted by molar-refractivity contribution is 6.11. The minimum atomic E-state index is 0.595. The van der Waals surface area contributed by atoms with Gasteiger partial charge in [0.1, 0.15) is 22.3 Å². The summed E-state index contributed by atoms with van der Waals surface area (Å²) in [4.78, 5) is 11.1. The molecule has 0 aliphatic carbocycles. The predicted octanol–water partition coefficient (Wildman–Crippen LogP) is 15.9. The van der Waals surface area contributed by atoms with Gasteiger partial charge in [-0.2, -0.15) is 0 Å². The molecule has 0 aliphatic rings. The maximum Gasteiger partial charge on any atom is 0.161 e. The van der Waals surface area contributed by atoms with E-state index in [0.717, 1.165) is 111 Å². The van der Waals surface area contributed by atoms with Crippen molar-refractivity contribution in [2.45, 2.75) is 0 Å². The van der Waals surface area contributed by atoms with Gasteiger partial charge in [-0.25, -0.2) is 9.97 Å². The SMILES string of the molecule is c1ccc(-c2ccc(-c3c(-c4nc(-c5cccc6c5oc5ccccc56)cc(-c5cccc6c5oc5ccccc56)n4)ccc(-c4ccccc4)c3-c3ccccc3)cc2)cc1. The van der Waals surface area contributed by atoms with Crippen LogP contribution in [0.15, 0.2) is 227 Å². The number of rotatable bonds is 7. The van der Waals surface area contributed by atoms with Crippen LogP contribution < -0.4 is 0 Å². The second-order valence-electron chi connectivity index (χ2n) is 15.6. The lowest BCUT2D eigenvalue weighted by Gasteiger charge is -2.21. The number of aromatic nitrogens is 2. The van der Waals surface area contributed by atoms with Crippen molar-refractivity contribution >= 4 is 43.9 Å². The molecule has 0 unspecified atom stereocenters. The molecule has 0 bridgehead atoms. The van der Waals surface area contributed by atoms with Gasteiger partial charge in [0.05, 0.1) is 11.4 Å². The third kappa shape index (κ3) is 6.00. The first-order valence-corrected chi connectivity index (χ1v) is 20.9. The molecule has 0 atom stereocenters. The number of fused-ring (bicyclic) bond motifs is 6. The summed E-state index contributed by atoms with van der Waals surface area (Å²) in [6.07, 6.45) is 0. The zero-order chi connectivity index (χ0) is 41.0. The van der Waals surface area contributed by atoms with Crippen LogP contribution in [0.2, 0.25) is 0 Å². The Bertz CT molecular complexity index is 3480. The van der Waals surface area contributed by atoms with Crippen LogP contribution in [-0.4, -0.2) is 9.97 Å². The van der Waals surface area contributed by atoms with E-state index in [0.29, 0.717) is 5.82 Å². The largest absolute Gasteiger partial charge is 0.455 e. The summed E-state index contributed by atoms with van der Waals surface area (Å²) in [7, 11) is 0. The standard InChI is InChI=1S/C58H36N2O2/c1-4-16-37(17-5-1)38-30-32-41(33-31-38)55-49(35-34-42(39-18-6-2-7-19-39)54(55)40-20-8-3-9-21-40)58-59-50(47-26-14-24-45-43-22-10-12-28-52(43)61-56(45)47)36-51(60-58)48-27-15-25-46-44-23-11-13-29-53(44)62-57(46)48/h1-36H. The van der Waals surface area contributed by atoms with Gasteiger partial charge in [-0.05, 0) is 75.3 Å². The Kier molecular flexibility index (Phi) is 8.46. The summed E-state index contributed by atoms with van der Waals surface area (Å²) in [5, 5.41) is 4.21. The third-order valence-electron chi connectivity index (χ3n) is 12.0. The fraction of sp³-hybridized carbons (Fsp3) is 0. The first-order chi connectivity index (χ1) is 30.7. The van der Waals surface area contributed by atoms with Gasteiger partial charge >= 0.3 is 0 Å². The lowest BCUT2D eigenvalue weighted by molar-refractivity contribution is 0.669. The van der Waals surface area contributed by atoms with Crippen LogP contribution in [0.25, 0.3) is 122 Å². The number of para-hydroxylation sites is 4. The molecule has 4 nitrogen and oxygen atoms in total. The number of hydrogen-bond donors (Lipinski definition) is 0. The van der Waals surface area contributed by atoms with Crippen molar-refractivity contribution in [1.82, 2.24) is 9.97 Å². The highest BCUT2D eigenvalue weighted by Gasteiger charge is 2.24. The molecule has 0 amide bonds. The van der Waals surface area contributed by atoms with E-state index in [1.165, 1.54) is 5.56 Å². The lowest BCUT2D eigenvalue weighted by atomic mass is 9.84. The third-order valence-corrected chi connectivity index (χ3v) is 12.0. The van der Waals surface area contributed by atoms with Crippen LogP contribution in [0.3, 0.4) is 0 Å². The second-order valence-corrected chi connectivity index (χ2v) is 15.6. The van der Waals surface area contributed by atoms with Crippen molar-refractivity contribution in [3.05, 3.63) is 218 Å². The van der Waals surface area contributed by atoms with E-state index in [-0.39, 0.29) is 0 Å². The molecular formula is C58H36N2O2. The Labute approximate surface area is 358 Å². The zero-order valence-electron chi connectivity index (χ0n) is 33.5. The summed E-state index contributed by atoms with van der Waals surface area (Å²) in [6.45, 7) is 0. The quantitative estimate of drug-likeness (QED) is 0.161. The van der Waals surface area contributed by atoms with E-state index < -0.39 is 0 Å². The molecule has 290 valence electrons. The molecule has 0 saturated heterocycles. The highest BCUT2D eigenvalue weighted by Crippen LogP contribution is 2.47. The van der Waals surface area contributed by atoms with Gasteiger partial charge in [0.15, 0.2) is 5.82 Å². The van der Waals surface area contributed by atoms with Gasteiger partial charge in [-0.3, -0.25) is 0 Å². The minimum Gasteiger partial charge on any atom is -0.455 e. The molecule has 0 aliphatic heterocycles. The monoisotopic (exact) mass is 792 g/mol. The van der Waals surface area contributed by atoms with Crippen LogP contribution in [0.5, 0.6) is 0 Å². The molecule has 9 aromatic carbocycles. The van der Waals surface area contributed by atoms with Gasteiger partial charge in [0.25, 0.3) is 0 Å². The number of nitrogens with zero attached hydrogens (tertiary/aromatic N) is 2. The van der Waals surface area contributed by atoms with Crippen LogP contribution in [0.1, 0.15) is 0 Å². The fourth-order valence-electron chi connectivity index (χ4n) is 9.05. The zero-order valence-corrected chi connectivity index (χ0v) is 33.5. The molecule has 0 saturated carbocycles. The van der Waals surface area contributed by atoms with Gasteiger partial charge in [0, 0.05) is 43.8 Å². The first kappa shape index (κ1) is 35.6. The second kappa shape index (κ2) is 14.7. The van der Waals surface area contributed by atoms with E-state index in [9.17, 15) is 0 Å². The molecule has 3 heterocycles. The summed E-state index contributed by atoms with van der Waals surface area (Å²) in [5.74, 6) is 0.595. The molecule has 3 aromatic heterocycles. The number of hydrogen-bond acceptors (Lipinski definition) is 4.